The van der Waals surface area contributed by atoms with Gasteiger partial charge in [0.1, 0.15) is 11.5 Å². The van der Waals surface area contributed by atoms with Crippen LogP contribution in [-0.2, 0) is 6.42 Å². The molecule has 0 saturated heterocycles. The lowest BCUT2D eigenvalue weighted by molar-refractivity contribution is 0.0692. The molecule has 2 aromatic rings. The number of aliphatic imine (C=N–C) groups is 2. The lowest BCUT2D eigenvalue weighted by atomic mass is 10.1. The number of aromatic nitrogens is 3. The second-order valence-electron chi connectivity index (χ2n) is 9.95. The highest BCUT2D eigenvalue weighted by Gasteiger charge is 2.21. The summed E-state index contributed by atoms with van der Waals surface area (Å²) in [6, 6.07) is 3.18. The molecule has 0 spiro atoms. The molecule has 38 heavy (non-hydrogen) atoms. The Morgan fingerprint density at radius 3 is 2.61 bits per heavy atom. The monoisotopic (exact) mass is 521 g/mol. The highest BCUT2D eigenvalue weighted by molar-refractivity contribution is 6.36. The van der Waals surface area contributed by atoms with E-state index in [2.05, 4.69) is 49.1 Å². The third-order valence-corrected chi connectivity index (χ3v) is 5.15. The number of carbonyl (C=O) groups is 2. The predicted molar refractivity (Wildman–Crippen MR) is 152 cm³/mol. The van der Waals surface area contributed by atoms with Gasteiger partial charge in [0.25, 0.3) is 11.8 Å². The van der Waals surface area contributed by atoms with E-state index in [9.17, 15) is 14.7 Å². The number of allylic oxidation sites excluding steroid dienone is 1. The smallest absolute Gasteiger partial charge is 0.276 e. The maximum Gasteiger partial charge on any atom is 0.276 e. The van der Waals surface area contributed by atoms with Crippen LogP contribution in [0, 0.1) is 5.92 Å². The minimum absolute atomic E-state index is 0.0117. The fraction of sp³-hybridized carbons (Fsp3) is 0.464. The third-order valence-electron chi connectivity index (χ3n) is 5.15. The SMILES string of the molecule is C=CC(C=NCCCCC)=Nc1cnc(CC(C)C)nc1C(=O)Nc1cccnc1C(=O)NCC(C)(C)O. The van der Waals surface area contributed by atoms with Crippen LogP contribution < -0.4 is 10.6 Å². The molecule has 2 heterocycles. The lowest BCUT2D eigenvalue weighted by Gasteiger charge is -2.18. The fourth-order valence-electron chi connectivity index (χ4n) is 3.25. The molecule has 2 amide bonds. The van der Waals surface area contributed by atoms with Crippen molar-refractivity contribution in [2.24, 2.45) is 15.9 Å². The van der Waals surface area contributed by atoms with Gasteiger partial charge in [0.05, 0.1) is 23.2 Å². The molecule has 2 rings (SSSR count). The molecule has 204 valence electrons. The van der Waals surface area contributed by atoms with Crippen molar-refractivity contribution in [3.05, 3.63) is 54.4 Å². The zero-order valence-corrected chi connectivity index (χ0v) is 23.0. The van der Waals surface area contributed by atoms with Crippen molar-refractivity contribution in [1.82, 2.24) is 20.3 Å². The summed E-state index contributed by atoms with van der Waals surface area (Å²) in [5.41, 5.74) is -0.105. The summed E-state index contributed by atoms with van der Waals surface area (Å²) in [5, 5.41) is 15.3. The lowest BCUT2D eigenvalue weighted by Crippen LogP contribution is -2.38. The molecule has 0 aliphatic carbocycles. The first-order valence-corrected chi connectivity index (χ1v) is 12.9. The molecular weight excluding hydrogens is 482 g/mol. The molecule has 0 saturated carbocycles. The van der Waals surface area contributed by atoms with Gasteiger partial charge in [-0.2, -0.15) is 0 Å². The van der Waals surface area contributed by atoms with Crippen LogP contribution in [0.3, 0.4) is 0 Å². The number of carbonyl (C=O) groups excluding carboxylic acids is 2. The van der Waals surface area contributed by atoms with Crippen LogP contribution in [0.15, 0.2) is 47.2 Å². The maximum absolute atomic E-state index is 13.4. The van der Waals surface area contributed by atoms with Crippen molar-refractivity contribution in [2.75, 3.05) is 18.4 Å². The summed E-state index contributed by atoms with van der Waals surface area (Å²) >= 11 is 0. The summed E-state index contributed by atoms with van der Waals surface area (Å²) in [5.74, 6) is -0.308. The van der Waals surface area contributed by atoms with Crippen molar-refractivity contribution >= 4 is 35.1 Å². The Bertz CT molecular complexity index is 1170. The minimum atomic E-state index is -1.10. The highest BCUT2D eigenvalue weighted by atomic mass is 16.3. The van der Waals surface area contributed by atoms with Crippen LogP contribution >= 0.6 is 0 Å². The molecule has 10 nitrogen and oxygen atoms in total. The number of hydrogen-bond acceptors (Lipinski definition) is 8. The first kappa shape index (κ1) is 30.4. The van der Waals surface area contributed by atoms with Gasteiger partial charge in [-0.05, 0) is 44.4 Å². The van der Waals surface area contributed by atoms with E-state index < -0.39 is 17.4 Å². The zero-order valence-electron chi connectivity index (χ0n) is 23.0. The van der Waals surface area contributed by atoms with Crippen LogP contribution in [0.5, 0.6) is 0 Å². The zero-order chi connectivity index (χ0) is 28.1. The Balaban J connectivity index is 2.39. The minimum Gasteiger partial charge on any atom is -0.389 e. The Morgan fingerprint density at radius 2 is 1.95 bits per heavy atom. The summed E-state index contributed by atoms with van der Waals surface area (Å²) in [7, 11) is 0. The van der Waals surface area contributed by atoms with E-state index in [1.807, 2.05) is 13.8 Å². The standard InChI is InChI=1S/C28H39N7O3/c1-7-9-10-13-29-16-20(8-2)33-22-17-31-23(15-19(3)4)35-25(22)27(37)34-21-12-11-14-30-24(21)26(36)32-18-28(5,6)38/h8,11-12,14,16-17,19,38H,2,7,9-10,13,15,18H2,1,3-6H3,(H,32,36)(H,34,37). The molecule has 0 aromatic carbocycles. The molecule has 0 aliphatic rings. The maximum atomic E-state index is 13.4. The number of pyridine rings is 1. The molecule has 0 aliphatic heterocycles. The van der Waals surface area contributed by atoms with Gasteiger partial charge < -0.3 is 15.7 Å². The summed E-state index contributed by atoms with van der Waals surface area (Å²) in [6.45, 7) is 13.9. The van der Waals surface area contributed by atoms with E-state index in [0.717, 1.165) is 19.3 Å². The number of aliphatic hydroxyl groups is 1. The average Bonchev–Trinajstić information content (AvgIpc) is 2.86. The molecule has 0 bridgehead atoms. The van der Waals surface area contributed by atoms with Gasteiger partial charge in [-0.3, -0.25) is 14.6 Å². The number of hydrogen-bond donors (Lipinski definition) is 3. The number of anilines is 1. The second kappa shape index (κ2) is 14.8. The number of rotatable bonds is 14. The van der Waals surface area contributed by atoms with Crippen LogP contribution in [0.1, 0.15) is 80.7 Å². The van der Waals surface area contributed by atoms with E-state index in [-0.39, 0.29) is 35.2 Å². The Hall–Kier alpha value is -3.79. The number of unbranched alkanes of at least 4 members (excludes halogenated alkanes) is 2. The van der Waals surface area contributed by atoms with Crippen LogP contribution in [0.25, 0.3) is 0 Å². The van der Waals surface area contributed by atoms with Crippen LogP contribution in [0.4, 0.5) is 11.4 Å². The van der Waals surface area contributed by atoms with Crippen molar-refractivity contribution in [2.45, 2.75) is 65.9 Å². The topological polar surface area (TPSA) is 142 Å². The quantitative estimate of drug-likeness (QED) is 0.249. The Labute approximate surface area is 224 Å². The van der Waals surface area contributed by atoms with E-state index in [4.69, 9.17) is 0 Å². The molecule has 2 aromatic heterocycles. The second-order valence-corrected chi connectivity index (χ2v) is 9.95. The van der Waals surface area contributed by atoms with Gasteiger partial charge >= 0.3 is 0 Å². The van der Waals surface area contributed by atoms with Gasteiger partial charge in [0, 0.05) is 31.9 Å². The molecule has 0 unspecified atom stereocenters. The number of nitrogens with zero attached hydrogens (tertiary/aromatic N) is 5. The summed E-state index contributed by atoms with van der Waals surface area (Å²) in [6.07, 6.45) is 9.90. The molecule has 10 heteroatoms. The van der Waals surface area contributed by atoms with Gasteiger partial charge in [-0.25, -0.2) is 19.9 Å². The van der Waals surface area contributed by atoms with Gasteiger partial charge in [-0.15, -0.1) is 0 Å². The molecule has 0 fully saturated rings. The molecule has 0 atom stereocenters. The largest absolute Gasteiger partial charge is 0.389 e. The van der Waals surface area contributed by atoms with E-state index in [0.29, 0.717) is 24.5 Å². The molecular formula is C28H39N7O3. The van der Waals surface area contributed by atoms with Crippen molar-refractivity contribution in [3.63, 3.8) is 0 Å². The van der Waals surface area contributed by atoms with Gasteiger partial charge in [0.15, 0.2) is 11.4 Å². The number of amides is 2. The first-order chi connectivity index (χ1) is 18.0. The summed E-state index contributed by atoms with van der Waals surface area (Å²) < 4.78 is 0. The van der Waals surface area contributed by atoms with Crippen molar-refractivity contribution < 1.29 is 14.7 Å². The predicted octanol–water partition coefficient (Wildman–Crippen LogP) is 4.34. The fourth-order valence-corrected chi connectivity index (χ4v) is 3.25. The third kappa shape index (κ3) is 10.3. The van der Waals surface area contributed by atoms with Gasteiger partial charge in [-0.1, -0.05) is 40.2 Å². The molecule has 3 N–H and O–H groups in total. The molecule has 0 radical (unpaired) electrons. The van der Waals surface area contributed by atoms with E-state index in [1.165, 1.54) is 12.4 Å². The first-order valence-electron chi connectivity index (χ1n) is 12.9. The van der Waals surface area contributed by atoms with Crippen LogP contribution in [-0.4, -0.2) is 62.5 Å². The van der Waals surface area contributed by atoms with Gasteiger partial charge in [0.2, 0.25) is 0 Å². The number of nitrogens with one attached hydrogen (secondary N) is 2. The van der Waals surface area contributed by atoms with E-state index in [1.54, 1.807) is 38.3 Å². The summed E-state index contributed by atoms with van der Waals surface area (Å²) in [4.78, 5) is 48.1. The highest BCUT2D eigenvalue weighted by Crippen LogP contribution is 2.21. The Kier molecular flexibility index (Phi) is 11.9. The average molecular weight is 522 g/mol. The Morgan fingerprint density at radius 1 is 1.18 bits per heavy atom. The normalized spacial score (nSPS) is 12.1. The van der Waals surface area contributed by atoms with Crippen molar-refractivity contribution in [1.29, 1.82) is 0 Å². The van der Waals surface area contributed by atoms with Crippen LogP contribution in [0.2, 0.25) is 0 Å². The van der Waals surface area contributed by atoms with E-state index >= 15 is 0 Å². The van der Waals surface area contributed by atoms with Crippen molar-refractivity contribution in [3.8, 4) is 0 Å².